The van der Waals surface area contributed by atoms with Crippen LogP contribution < -0.4 is 4.90 Å². The molecule has 1 rings (SSSR count). The molecule has 1 aromatic rings. The van der Waals surface area contributed by atoms with Gasteiger partial charge in [0, 0.05) is 12.2 Å². The van der Waals surface area contributed by atoms with Gasteiger partial charge in [0.15, 0.2) is 0 Å². The molecule has 0 aliphatic rings. The van der Waals surface area contributed by atoms with Gasteiger partial charge in [0.25, 0.3) is 6.43 Å². The van der Waals surface area contributed by atoms with E-state index in [4.69, 9.17) is 10.2 Å². The smallest absolute Gasteiger partial charge is 0.255 e. The van der Waals surface area contributed by atoms with E-state index in [1.807, 2.05) is 0 Å². The SMILES string of the molecule is Cc1cc(CO)ccc1N(CCO)CC(F)F. The third kappa shape index (κ3) is 3.94. The van der Waals surface area contributed by atoms with E-state index in [0.717, 1.165) is 11.1 Å². The first-order valence-electron chi connectivity index (χ1n) is 5.42. The fourth-order valence-corrected chi connectivity index (χ4v) is 1.77. The van der Waals surface area contributed by atoms with Gasteiger partial charge in [-0.3, -0.25) is 0 Å². The molecule has 0 radical (unpaired) electrons. The summed E-state index contributed by atoms with van der Waals surface area (Å²) in [6, 6.07) is 5.14. The maximum absolute atomic E-state index is 12.4. The van der Waals surface area contributed by atoms with Gasteiger partial charge >= 0.3 is 0 Å². The second-order valence-corrected chi connectivity index (χ2v) is 3.84. The minimum atomic E-state index is -2.45. The molecule has 0 atom stereocenters. The van der Waals surface area contributed by atoms with Crippen LogP contribution in [0, 0.1) is 6.92 Å². The van der Waals surface area contributed by atoms with Gasteiger partial charge in [0.2, 0.25) is 0 Å². The average Bonchev–Trinajstić information content (AvgIpc) is 2.27. The molecule has 0 fully saturated rings. The van der Waals surface area contributed by atoms with Crippen LogP contribution >= 0.6 is 0 Å². The number of aliphatic hydroxyl groups is 2. The van der Waals surface area contributed by atoms with Crippen LogP contribution in [0.5, 0.6) is 0 Å². The molecule has 0 spiro atoms. The van der Waals surface area contributed by atoms with Gasteiger partial charge in [-0.2, -0.15) is 0 Å². The molecule has 96 valence electrons. The Morgan fingerprint density at radius 3 is 2.47 bits per heavy atom. The first-order valence-corrected chi connectivity index (χ1v) is 5.42. The van der Waals surface area contributed by atoms with Crippen LogP contribution in [0.25, 0.3) is 0 Å². The van der Waals surface area contributed by atoms with E-state index < -0.39 is 13.0 Å². The zero-order valence-corrected chi connectivity index (χ0v) is 9.74. The van der Waals surface area contributed by atoms with Crippen molar-refractivity contribution < 1.29 is 19.0 Å². The summed E-state index contributed by atoms with van der Waals surface area (Å²) in [5.74, 6) is 0. The summed E-state index contributed by atoms with van der Waals surface area (Å²) in [4.78, 5) is 1.45. The topological polar surface area (TPSA) is 43.7 Å². The lowest BCUT2D eigenvalue weighted by Gasteiger charge is -2.25. The third-order valence-electron chi connectivity index (χ3n) is 2.51. The normalized spacial score (nSPS) is 10.9. The molecule has 0 aromatic heterocycles. The summed E-state index contributed by atoms with van der Waals surface area (Å²) in [7, 11) is 0. The standard InChI is InChI=1S/C12H17F2NO2/c1-9-6-10(8-17)2-3-11(9)15(4-5-16)7-12(13)14/h2-3,6,12,16-17H,4-5,7-8H2,1H3. The number of rotatable bonds is 6. The average molecular weight is 245 g/mol. The predicted molar refractivity (Wildman–Crippen MR) is 62.4 cm³/mol. The van der Waals surface area contributed by atoms with Crippen molar-refractivity contribution in [1.29, 1.82) is 0 Å². The Morgan fingerprint density at radius 2 is 2.00 bits per heavy atom. The highest BCUT2D eigenvalue weighted by molar-refractivity contribution is 5.54. The summed E-state index contributed by atoms with van der Waals surface area (Å²) in [5, 5.41) is 17.8. The number of halogens is 2. The van der Waals surface area contributed by atoms with Crippen LogP contribution in [0.2, 0.25) is 0 Å². The van der Waals surface area contributed by atoms with Crippen LogP contribution in [0.15, 0.2) is 18.2 Å². The van der Waals surface area contributed by atoms with Crippen molar-refractivity contribution in [1.82, 2.24) is 0 Å². The van der Waals surface area contributed by atoms with Gasteiger partial charge in [0.05, 0.1) is 19.8 Å². The van der Waals surface area contributed by atoms with Crippen molar-refractivity contribution in [3.63, 3.8) is 0 Å². The molecule has 0 heterocycles. The predicted octanol–water partition coefficient (Wildman–Crippen LogP) is 1.55. The summed E-state index contributed by atoms with van der Waals surface area (Å²) >= 11 is 0. The van der Waals surface area contributed by atoms with E-state index in [-0.39, 0.29) is 19.8 Å². The van der Waals surface area contributed by atoms with Crippen molar-refractivity contribution in [3.05, 3.63) is 29.3 Å². The molecular formula is C12H17F2NO2. The van der Waals surface area contributed by atoms with E-state index in [9.17, 15) is 8.78 Å². The first-order chi connectivity index (χ1) is 8.08. The van der Waals surface area contributed by atoms with Crippen molar-refractivity contribution in [2.24, 2.45) is 0 Å². The highest BCUT2D eigenvalue weighted by Crippen LogP contribution is 2.22. The number of nitrogens with zero attached hydrogens (tertiary/aromatic N) is 1. The summed E-state index contributed by atoms with van der Waals surface area (Å²) in [6.07, 6.45) is -2.45. The largest absolute Gasteiger partial charge is 0.395 e. The molecule has 0 amide bonds. The molecule has 2 N–H and O–H groups in total. The van der Waals surface area contributed by atoms with Crippen molar-refractivity contribution >= 4 is 5.69 Å². The number of aryl methyl sites for hydroxylation is 1. The van der Waals surface area contributed by atoms with Crippen LogP contribution in [0.3, 0.4) is 0 Å². The van der Waals surface area contributed by atoms with E-state index in [0.29, 0.717) is 5.69 Å². The highest BCUT2D eigenvalue weighted by Gasteiger charge is 2.14. The maximum Gasteiger partial charge on any atom is 0.255 e. The zero-order chi connectivity index (χ0) is 12.8. The Balaban J connectivity index is 2.93. The Bertz CT molecular complexity index is 358. The van der Waals surface area contributed by atoms with Gasteiger partial charge in [-0.25, -0.2) is 8.78 Å². The quantitative estimate of drug-likeness (QED) is 0.799. The van der Waals surface area contributed by atoms with Crippen molar-refractivity contribution in [2.45, 2.75) is 20.0 Å². The molecule has 5 heteroatoms. The summed E-state index contributed by atoms with van der Waals surface area (Å²) in [6.45, 7) is 1.32. The Labute approximate surface area is 99.3 Å². The van der Waals surface area contributed by atoms with Gasteiger partial charge in [-0.15, -0.1) is 0 Å². The monoisotopic (exact) mass is 245 g/mol. The Hall–Kier alpha value is -1.20. The van der Waals surface area contributed by atoms with Gasteiger partial charge < -0.3 is 15.1 Å². The number of aliphatic hydroxyl groups excluding tert-OH is 2. The number of anilines is 1. The van der Waals surface area contributed by atoms with Gasteiger partial charge in [0.1, 0.15) is 0 Å². The first kappa shape index (κ1) is 13.9. The number of hydrogen-bond donors (Lipinski definition) is 2. The molecule has 0 unspecified atom stereocenters. The molecule has 1 aromatic carbocycles. The zero-order valence-electron chi connectivity index (χ0n) is 9.74. The molecule has 0 bridgehead atoms. The molecule has 0 saturated carbocycles. The minimum absolute atomic E-state index is 0.0734. The van der Waals surface area contributed by atoms with E-state index in [2.05, 4.69) is 0 Å². The van der Waals surface area contributed by atoms with Crippen molar-refractivity contribution in [3.8, 4) is 0 Å². The number of benzene rings is 1. The number of alkyl halides is 2. The third-order valence-corrected chi connectivity index (χ3v) is 2.51. The molecule has 3 nitrogen and oxygen atoms in total. The van der Waals surface area contributed by atoms with Crippen molar-refractivity contribution in [2.75, 3.05) is 24.6 Å². The summed E-state index contributed by atoms with van der Waals surface area (Å²) < 4.78 is 24.8. The molecule has 0 saturated heterocycles. The fraction of sp³-hybridized carbons (Fsp3) is 0.500. The lowest BCUT2D eigenvalue weighted by molar-refractivity contribution is 0.152. The fourth-order valence-electron chi connectivity index (χ4n) is 1.77. The second-order valence-electron chi connectivity index (χ2n) is 3.84. The molecule has 17 heavy (non-hydrogen) atoms. The van der Waals surface area contributed by atoms with Crippen LogP contribution in [0.4, 0.5) is 14.5 Å². The minimum Gasteiger partial charge on any atom is -0.395 e. The van der Waals surface area contributed by atoms with E-state index >= 15 is 0 Å². The van der Waals surface area contributed by atoms with Crippen LogP contribution in [-0.2, 0) is 6.61 Å². The molecule has 0 aliphatic heterocycles. The second kappa shape index (κ2) is 6.51. The molecule has 0 aliphatic carbocycles. The van der Waals surface area contributed by atoms with Crippen LogP contribution in [0.1, 0.15) is 11.1 Å². The van der Waals surface area contributed by atoms with Gasteiger partial charge in [-0.05, 0) is 24.1 Å². The van der Waals surface area contributed by atoms with E-state index in [1.165, 1.54) is 4.90 Å². The lowest BCUT2D eigenvalue weighted by Crippen LogP contribution is -2.32. The van der Waals surface area contributed by atoms with Gasteiger partial charge in [-0.1, -0.05) is 12.1 Å². The Morgan fingerprint density at radius 1 is 1.29 bits per heavy atom. The number of hydrogen-bond acceptors (Lipinski definition) is 3. The maximum atomic E-state index is 12.4. The summed E-state index contributed by atoms with van der Waals surface area (Å²) in [5.41, 5.74) is 2.22. The van der Waals surface area contributed by atoms with E-state index in [1.54, 1.807) is 25.1 Å². The Kier molecular flexibility index (Phi) is 5.31. The highest BCUT2D eigenvalue weighted by atomic mass is 19.3. The van der Waals surface area contributed by atoms with Crippen LogP contribution in [-0.4, -0.2) is 36.3 Å². The molecular weight excluding hydrogens is 228 g/mol. The lowest BCUT2D eigenvalue weighted by atomic mass is 10.1.